The van der Waals surface area contributed by atoms with Gasteiger partial charge in [0.1, 0.15) is 51.2 Å². The Balaban J connectivity index is 1.03. The molecule has 5 aromatic rings. The molecular formula is C58H62N8O15. The van der Waals surface area contributed by atoms with Crippen molar-refractivity contribution in [1.82, 2.24) is 30.8 Å². The van der Waals surface area contributed by atoms with Crippen LogP contribution in [0, 0.1) is 0 Å². The Morgan fingerprint density at radius 1 is 0.741 bits per heavy atom. The number of hydrogen-bond donors (Lipinski definition) is 6. The lowest BCUT2D eigenvalue weighted by Gasteiger charge is -2.35. The van der Waals surface area contributed by atoms with Gasteiger partial charge in [0.05, 0.1) is 34.7 Å². The number of benzene rings is 3. The molecule has 7 rings (SSSR count). The largest absolute Gasteiger partial charge is 0.510 e. The van der Waals surface area contributed by atoms with Gasteiger partial charge in [-0.05, 0) is 80.1 Å². The summed E-state index contributed by atoms with van der Waals surface area (Å²) < 4.78 is 33.3. The molecule has 6 amide bonds. The van der Waals surface area contributed by atoms with E-state index in [-0.39, 0.29) is 76.5 Å². The number of ether oxygens (including phenoxy) is 6. The van der Waals surface area contributed by atoms with Crippen LogP contribution in [-0.4, -0.2) is 102 Å². The van der Waals surface area contributed by atoms with Crippen LogP contribution in [0.25, 0.3) is 22.3 Å². The second-order valence-corrected chi connectivity index (χ2v) is 18.7. The number of fused-ring (bicyclic) bond motifs is 5. The van der Waals surface area contributed by atoms with Crippen LogP contribution in [0.5, 0.6) is 0 Å². The summed E-state index contributed by atoms with van der Waals surface area (Å²) in [6.45, 7) is 13.1. The predicted octanol–water partition coefficient (Wildman–Crippen LogP) is 6.71. The topological polar surface area (TPSA) is 299 Å². The monoisotopic (exact) mass is 1110 g/mol. The number of alkyl carbamates (subject to hydrolysis) is 2. The second kappa shape index (κ2) is 27.7. The summed E-state index contributed by atoms with van der Waals surface area (Å²) >= 11 is 0. The molecule has 0 aliphatic carbocycles. The molecule has 0 fully saturated rings. The van der Waals surface area contributed by atoms with Crippen molar-refractivity contribution in [2.45, 2.75) is 89.4 Å². The van der Waals surface area contributed by atoms with Gasteiger partial charge in [-0.15, -0.1) is 0 Å². The van der Waals surface area contributed by atoms with Crippen molar-refractivity contribution in [2.75, 3.05) is 37.0 Å². The second-order valence-electron chi connectivity index (χ2n) is 18.7. The van der Waals surface area contributed by atoms with Gasteiger partial charge in [0.2, 0.25) is 23.3 Å². The van der Waals surface area contributed by atoms with E-state index in [4.69, 9.17) is 33.4 Å². The summed E-state index contributed by atoms with van der Waals surface area (Å²) in [7, 11) is 0. The van der Waals surface area contributed by atoms with E-state index in [1.807, 2.05) is 6.07 Å². The minimum absolute atomic E-state index is 0.0112. The van der Waals surface area contributed by atoms with Crippen LogP contribution < -0.4 is 37.5 Å². The van der Waals surface area contributed by atoms with Crippen molar-refractivity contribution in [3.8, 4) is 11.4 Å². The first-order valence-corrected chi connectivity index (χ1v) is 26.0. The SMILES string of the molecule is C=CCOC(=O)NCCCC[C@H](NC(=O)[C@H](Cc1ccccc1)NC(=O)[C@@H](C)NC(=O)OCC=C)C(=O)Nc1ccc(COC(=O)O[C@]2(CC)C(=O)OCc3c2cc2n(c3=O)Cc3cc4c(NC(=O)OCC=C)cccc4nc3-2)cc1. The normalized spacial score (nSPS) is 14.8. The molecule has 4 heterocycles. The van der Waals surface area contributed by atoms with Crippen LogP contribution in [0.15, 0.2) is 128 Å². The number of esters is 1. The van der Waals surface area contributed by atoms with Gasteiger partial charge >= 0.3 is 30.4 Å². The summed E-state index contributed by atoms with van der Waals surface area (Å²) in [6, 6.07) is 20.1. The van der Waals surface area contributed by atoms with Crippen molar-refractivity contribution in [3.05, 3.63) is 161 Å². The van der Waals surface area contributed by atoms with E-state index >= 15 is 0 Å². The molecule has 2 aliphatic rings. The third-order valence-corrected chi connectivity index (χ3v) is 13.1. The van der Waals surface area contributed by atoms with Gasteiger partial charge in [-0.1, -0.05) is 93.4 Å². The Kier molecular flexibility index (Phi) is 20.1. The molecule has 2 aliphatic heterocycles. The molecule has 6 N–H and O–H groups in total. The average molecular weight is 1110 g/mol. The Morgan fingerprint density at radius 2 is 1.43 bits per heavy atom. The number of anilines is 2. The van der Waals surface area contributed by atoms with Crippen molar-refractivity contribution in [2.24, 2.45) is 0 Å². The van der Waals surface area contributed by atoms with Gasteiger partial charge in [0, 0.05) is 35.2 Å². The number of rotatable bonds is 25. The zero-order valence-electron chi connectivity index (χ0n) is 44.7. The lowest BCUT2D eigenvalue weighted by molar-refractivity contribution is -0.175. The molecule has 0 bridgehead atoms. The summed E-state index contributed by atoms with van der Waals surface area (Å²) in [5.74, 6) is -2.92. The number of pyridine rings is 2. The minimum Gasteiger partial charge on any atom is -0.457 e. The number of aromatic nitrogens is 2. The third-order valence-electron chi connectivity index (χ3n) is 13.1. The number of carbonyl (C=O) groups is 8. The summed E-state index contributed by atoms with van der Waals surface area (Å²) in [5.41, 5.74) is 1.55. The number of carbonyl (C=O) groups excluding carboxylic acids is 8. The van der Waals surface area contributed by atoms with Crippen LogP contribution in [0.1, 0.15) is 67.3 Å². The van der Waals surface area contributed by atoms with E-state index in [1.54, 1.807) is 73.7 Å². The van der Waals surface area contributed by atoms with E-state index in [9.17, 15) is 43.2 Å². The highest BCUT2D eigenvalue weighted by Crippen LogP contribution is 2.41. The van der Waals surface area contributed by atoms with Crippen LogP contribution in [0.4, 0.5) is 30.6 Å². The van der Waals surface area contributed by atoms with E-state index in [0.717, 1.165) is 0 Å². The average Bonchev–Trinajstić information content (AvgIpc) is 4.06. The number of unbranched alkanes of at least 4 members (excludes halogenated alkanes) is 1. The molecule has 0 unspecified atom stereocenters. The highest BCUT2D eigenvalue weighted by atomic mass is 16.7. The Morgan fingerprint density at radius 3 is 2.14 bits per heavy atom. The molecule has 0 saturated carbocycles. The molecule has 23 heteroatoms. The maximum absolute atomic E-state index is 14.2. The van der Waals surface area contributed by atoms with Gasteiger partial charge < -0.3 is 59.6 Å². The number of hydrogen-bond acceptors (Lipinski definition) is 16. The van der Waals surface area contributed by atoms with Crippen molar-refractivity contribution >= 4 is 70.4 Å². The summed E-state index contributed by atoms with van der Waals surface area (Å²) in [4.78, 5) is 124. The standard InChI is InChI=1S/C58H62N8O15/c1-6-26-76-54(72)59-25-14-13-18-45(63-51(69)46(29-36-16-11-10-12-17-36)64-49(67)35(5)60-55(73)77-27-7-2)50(68)61-39-23-21-37(22-24-39)33-80-57(75)81-58(9-4)42-31-47-48-38(32-66(47)52(70)41(42)34-79-53(58)71)30-40-43(62-48)19-15-20-44(40)65-56(74)78-28-8-3/h6-8,10-12,15-17,19-24,30-31,35,45-46H,1-3,9,13-14,18,25-29,32-34H2,4-5H3,(H,59,72)(H,60,73)(H,61,68)(H,63,69)(H,64,67)(H,65,74)/t35-,45+,46+,58+/m1/s1. The highest BCUT2D eigenvalue weighted by Gasteiger charge is 2.51. The molecule has 23 nitrogen and oxygen atoms in total. The van der Waals surface area contributed by atoms with Crippen molar-refractivity contribution in [3.63, 3.8) is 0 Å². The molecule has 4 atom stereocenters. The molecule has 0 spiro atoms. The fraction of sp³-hybridized carbons (Fsp3) is 0.310. The van der Waals surface area contributed by atoms with Crippen LogP contribution in [0.2, 0.25) is 0 Å². The van der Waals surface area contributed by atoms with E-state index in [0.29, 0.717) is 63.2 Å². The maximum atomic E-state index is 14.2. The van der Waals surface area contributed by atoms with Gasteiger partial charge in [0.15, 0.2) is 0 Å². The van der Waals surface area contributed by atoms with Crippen LogP contribution in [-0.2, 0) is 79.4 Å². The molecule has 81 heavy (non-hydrogen) atoms. The third kappa shape index (κ3) is 14.9. The zero-order chi connectivity index (χ0) is 58.1. The lowest BCUT2D eigenvalue weighted by Crippen LogP contribution is -2.56. The Bertz CT molecular complexity index is 3270. The molecular weight excluding hydrogens is 1050 g/mol. The number of amides is 6. The van der Waals surface area contributed by atoms with Gasteiger partial charge in [-0.3, -0.25) is 24.5 Å². The predicted molar refractivity (Wildman–Crippen MR) is 295 cm³/mol. The molecule has 424 valence electrons. The highest BCUT2D eigenvalue weighted by molar-refractivity contribution is 6.01. The van der Waals surface area contributed by atoms with Crippen LogP contribution in [0.3, 0.4) is 0 Å². The van der Waals surface area contributed by atoms with E-state index < -0.39 is 77.4 Å². The van der Waals surface area contributed by atoms with Gasteiger partial charge in [0.25, 0.3) is 5.56 Å². The van der Waals surface area contributed by atoms with Crippen molar-refractivity contribution < 1.29 is 66.8 Å². The summed E-state index contributed by atoms with van der Waals surface area (Å²) in [5, 5.41) is 16.6. The van der Waals surface area contributed by atoms with E-state index in [2.05, 4.69) is 51.6 Å². The molecule has 2 aromatic heterocycles. The summed E-state index contributed by atoms with van der Waals surface area (Å²) in [6.07, 6.45) is 1.52. The number of cyclic esters (lactones) is 1. The zero-order valence-corrected chi connectivity index (χ0v) is 44.7. The van der Waals surface area contributed by atoms with Crippen molar-refractivity contribution in [1.29, 1.82) is 0 Å². The first kappa shape index (κ1) is 58.9. The number of nitrogens with one attached hydrogen (secondary N) is 6. The van der Waals surface area contributed by atoms with E-state index in [1.165, 1.54) is 41.9 Å². The molecule has 0 saturated heterocycles. The molecule has 0 radical (unpaired) electrons. The fourth-order valence-corrected chi connectivity index (χ4v) is 8.94. The first-order valence-electron chi connectivity index (χ1n) is 26.0. The number of nitrogens with zero attached hydrogens (tertiary/aromatic N) is 2. The van der Waals surface area contributed by atoms with Gasteiger partial charge in [-0.2, -0.15) is 0 Å². The lowest BCUT2D eigenvalue weighted by atomic mass is 9.85. The quantitative estimate of drug-likeness (QED) is 0.0150. The van der Waals surface area contributed by atoms with Gasteiger partial charge in [-0.25, -0.2) is 29.0 Å². The van der Waals surface area contributed by atoms with Crippen LogP contribution >= 0.6 is 0 Å². The fourth-order valence-electron chi connectivity index (χ4n) is 8.94. The molecule has 3 aromatic carbocycles. The Labute approximate surface area is 465 Å². The minimum atomic E-state index is -2.07. The Hall–Kier alpha value is -9.80. The smallest absolute Gasteiger partial charge is 0.457 e. The first-order chi connectivity index (χ1) is 39.1. The maximum Gasteiger partial charge on any atom is 0.510 e.